The summed E-state index contributed by atoms with van der Waals surface area (Å²) in [4.78, 5) is 53.1. The molecule has 0 saturated carbocycles. The number of amides is 2. The molecule has 6 rings (SSSR count). The van der Waals surface area contributed by atoms with E-state index in [9.17, 15) is 24.5 Å². The summed E-state index contributed by atoms with van der Waals surface area (Å²) in [6.45, 7) is 0. The van der Waals surface area contributed by atoms with Crippen LogP contribution >= 0.6 is 11.6 Å². The number of anilines is 1. The third-order valence-electron chi connectivity index (χ3n) is 6.99. The van der Waals surface area contributed by atoms with E-state index in [1.807, 2.05) is 24.3 Å². The maximum atomic E-state index is 13.8. The Morgan fingerprint density at radius 3 is 2.42 bits per heavy atom. The van der Waals surface area contributed by atoms with Crippen LogP contribution in [0, 0.1) is 22.0 Å². The van der Waals surface area contributed by atoms with E-state index in [4.69, 9.17) is 11.6 Å². The smallest absolute Gasteiger partial charge is 0.271 e. The predicted molar refractivity (Wildman–Crippen MR) is 131 cm³/mol. The SMILES string of the molecule is O=C(c1ccc(Cl)cc1)[C@@H]1[C@@H]2C(=O)N(c3cccc([N+](=O)[O-])c3)C(=O)[C@H]2[C@H]2c3ccccc3C=NN12. The number of fused-ring (bicyclic) bond motifs is 5. The molecule has 10 heteroatoms. The Morgan fingerprint density at radius 2 is 1.67 bits per heavy atom. The number of nitro groups is 1. The van der Waals surface area contributed by atoms with Crippen LogP contribution in [0.25, 0.3) is 0 Å². The van der Waals surface area contributed by atoms with Crippen molar-refractivity contribution in [1.82, 2.24) is 5.01 Å². The van der Waals surface area contributed by atoms with Crippen molar-refractivity contribution >= 4 is 46.8 Å². The molecule has 0 unspecified atom stereocenters. The van der Waals surface area contributed by atoms with E-state index in [2.05, 4.69) is 5.10 Å². The lowest BCUT2D eigenvalue weighted by Crippen LogP contribution is -2.44. The van der Waals surface area contributed by atoms with Gasteiger partial charge in [0.2, 0.25) is 11.8 Å². The van der Waals surface area contributed by atoms with Crippen molar-refractivity contribution in [3.8, 4) is 0 Å². The largest absolute Gasteiger partial charge is 0.292 e. The lowest BCUT2D eigenvalue weighted by molar-refractivity contribution is -0.384. The van der Waals surface area contributed by atoms with Crippen LogP contribution in [0.4, 0.5) is 11.4 Å². The summed E-state index contributed by atoms with van der Waals surface area (Å²) in [6.07, 6.45) is 1.63. The van der Waals surface area contributed by atoms with Crippen molar-refractivity contribution in [2.24, 2.45) is 16.9 Å². The molecule has 36 heavy (non-hydrogen) atoms. The zero-order chi connectivity index (χ0) is 25.1. The molecular weight excluding hydrogens is 484 g/mol. The third-order valence-corrected chi connectivity index (χ3v) is 7.24. The molecule has 0 aromatic heterocycles. The predicted octanol–water partition coefficient (Wildman–Crippen LogP) is 4.01. The van der Waals surface area contributed by atoms with Crippen molar-refractivity contribution in [2.75, 3.05) is 4.90 Å². The number of carbonyl (C=O) groups excluding carboxylic acids is 3. The summed E-state index contributed by atoms with van der Waals surface area (Å²) < 4.78 is 0. The topological polar surface area (TPSA) is 113 Å². The highest BCUT2D eigenvalue weighted by Gasteiger charge is 2.65. The van der Waals surface area contributed by atoms with Gasteiger partial charge in [-0.1, -0.05) is 41.9 Å². The number of Topliss-reactive ketones (excluding diaryl/α,β-unsaturated/α-hetero) is 1. The van der Waals surface area contributed by atoms with E-state index in [-0.39, 0.29) is 17.2 Å². The normalized spacial score (nSPS) is 23.9. The molecule has 9 nitrogen and oxygen atoms in total. The summed E-state index contributed by atoms with van der Waals surface area (Å²) >= 11 is 6.00. The molecular formula is C26H17ClN4O5. The van der Waals surface area contributed by atoms with Crippen molar-refractivity contribution in [3.05, 3.63) is 105 Å². The van der Waals surface area contributed by atoms with Crippen LogP contribution in [0.5, 0.6) is 0 Å². The molecule has 3 heterocycles. The Balaban J connectivity index is 1.49. The fourth-order valence-electron chi connectivity index (χ4n) is 5.45. The number of ketones is 1. The van der Waals surface area contributed by atoms with Crippen LogP contribution in [0.15, 0.2) is 77.9 Å². The number of carbonyl (C=O) groups is 3. The van der Waals surface area contributed by atoms with Gasteiger partial charge < -0.3 is 0 Å². The van der Waals surface area contributed by atoms with Gasteiger partial charge in [0.15, 0.2) is 5.78 Å². The monoisotopic (exact) mass is 500 g/mol. The fraction of sp³-hybridized carbons (Fsp3) is 0.154. The molecule has 4 atom stereocenters. The summed E-state index contributed by atoms with van der Waals surface area (Å²) in [7, 11) is 0. The highest BCUT2D eigenvalue weighted by molar-refractivity contribution is 6.30. The number of benzene rings is 3. The minimum Gasteiger partial charge on any atom is -0.292 e. The molecule has 2 amide bonds. The van der Waals surface area contributed by atoms with E-state index in [0.29, 0.717) is 10.6 Å². The second-order valence-corrected chi connectivity index (χ2v) is 9.29. The first-order valence-corrected chi connectivity index (χ1v) is 11.6. The van der Waals surface area contributed by atoms with Gasteiger partial charge >= 0.3 is 0 Å². The Kier molecular flexibility index (Phi) is 4.97. The van der Waals surface area contributed by atoms with Gasteiger partial charge in [0, 0.05) is 22.7 Å². The summed E-state index contributed by atoms with van der Waals surface area (Å²) in [6, 6.07) is 17.4. The zero-order valence-corrected chi connectivity index (χ0v) is 19.3. The molecule has 178 valence electrons. The number of rotatable bonds is 4. The van der Waals surface area contributed by atoms with Crippen LogP contribution in [0.3, 0.4) is 0 Å². The van der Waals surface area contributed by atoms with Gasteiger partial charge in [0.05, 0.1) is 34.7 Å². The highest BCUT2D eigenvalue weighted by Crippen LogP contribution is 2.53. The van der Waals surface area contributed by atoms with Gasteiger partial charge in [-0.3, -0.25) is 29.5 Å². The van der Waals surface area contributed by atoms with Gasteiger partial charge in [-0.2, -0.15) is 5.10 Å². The molecule has 3 aromatic carbocycles. The molecule has 0 radical (unpaired) electrons. The van der Waals surface area contributed by atoms with Crippen molar-refractivity contribution in [2.45, 2.75) is 12.1 Å². The minimum atomic E-state index is -1.04. The van der Waals surface area contributed by atoms with Gasteiger partial charge in [0.25, 0.3) is 5.69 Å². The standard InChI is InChI=1S/C26H17ClN4O5/c27-16-10-8-14(9-11-16)24(32)23-21-20(22-19-7-2-1-4-15(19)13-28-30(22)23)25(33)29(26(21)34)17-5-3-6-18(12-17)31(35)36/h1-13,20-23H/t20-,21-,22-,23+/m1/s1. The quantitative estimate of drug-likeness (QED) is 0.231. The van der Waals surface area contributed by atoms with Crippen LogP contribution in [0.2, 0.25) is 5.02 Å². The molecule has 3 aliphatic heterocycles. The number of imide groups is 1. The van der Waals surface area contributed by atoms with E-state index in [0.717, 1.165) is 16.0 Å². The van der Waals surface area contributed by atoms with E-state index in [1.165, 1.54) is 24.3 Å². The van der Waals surface area contributed by atoms with Crippen LogP contribution in [-0.2, 0) is 9.59 Å². The van der Waals surface area contributed by atoms with Crippen molar-refractivity contribution in [1.29, 1.82) is 0 Å². The lowest BCUT2D eigenvalue weighted by atomic mass is 9.83. The van der Waals surface area contributed by atoms with Gasteiger partial charge in [-0.15, -0.1) is 0 Å². The maximum Gasteiger partial charge on any atom is 0.271 e. The van der Waals surface area contributed by atoms with Crippen molar-refractivity contribution < 1.29 is 19.3 Å². The molecule has 2 fully saturated rings. The van der Waals surface area contributed by atoms with Gasteiger partial charge in [0.1, 0.15) is 6.04 Å². The Bertz CT molecular complexity index is 1490. The third kappa shape index (κ3) is 3.16. The first-order valence-electron chi connectivity index (χ1n) is 11.2. The van der Waals surface area contributed by atoms with Crippen molar-refractivity contribution in [3.63, 3.8) is 0 Å². The van der Waals surface area contributed by atoms with Gasteiger partial charge in [-0.05, 0) is 41.5 Å². The van der Waals surface area contributed by atoms with E-state index < -0.39 is 40.7 Å². The number of nitro benzene ring substituents is 1. The molecule has 3 aliphatic rings. The Hall–Kier alpha value is -4.37. The fourth-order valence-corrected chi connectivity index (χ4v) is 5.58. The number of nitrogens with zero attached hydrogens (tertiary/aromatic N) is 4. The lowest BCUT2D eigenvalue weighted by Gasteiger charge is -2.33. The van der Waals surface area contributed by atoms with Crippen LogP contribution in [0.1, 0.15) is 27.5 Å². The first-order chi connectivity index (χ1) is 17.4. The maximum absolute atomic E-state index is 13.8. The molecule has 0 bridgehead atoms. The van der Waals surface area contributed by atoms with E-state index in [1.54, 1.807) is 35.5 Å². The number of hydrazone groups is 1. The first kappa shape index (κ1) is 22.1. The number of hydrogen-bond acceptors (Lipinski definition) is 7. The number of hydrogen-bond donors (Lipinski definition) is 0. The number of halogens is 1. The number of non-ortho nitro benzene ring substituents is 1. The highest BCUT2D eigenvalue weighted by atomic mass is 35.5. The summed E-state index contributed by atoms with van der Waals surface area (Å²) in [5, 5.41) is 17.9. The Morgan fingerprint density at radius 1 is 0.944 bits per heavy atom. The zero-order valence-electron chi connectivity index (χ0n) is 18.5. The van der Waals surface area contributed by atoms with Gasteiger partial charge in [-0.25, -0.2) is 4.90 Å². The summed E-state index contributed by atoms with van der Waals surface area (Å²) in [5.74, 6) is -3.37. The van der Waals surface area contributed by atoms with E-state index >= 15 is 0 Å². The second-order valence-electron chi connectivity index (χ2n) is 8.85. The minimum absolute atomic E-state index is 0.102. The summed E-state index contributed by atoms with van der Waals surface area (Å²) in [5.41, 5.74) is 1.78. The molecule has 0 aliphatic carbocycles. The second kappa shape index (κ2) is 8.10. The average Bonchev–Trinajstić information content (AvgIpc) is 3.36. The Labute approximate surface area is 209 Å². The average molecular weight is 501 g/mol. The molecule has 2 saturated heterocycles. The molecule has 3 aromatic rings. The molecule has 0 spiro atoms. The molecule has 0 N–H and O–H groups in total. The van der Waals surface area contributed by atoms with Crippen LogP contribution < -0.4 is 4.90 Å². The van der Waals surface area contributed by atoms with Crippen LogP contribution in [-0.4, -0.2) is 39.8 Å².